The smallest absolute Gasteiger partial charge is 0.225 e. The van der Waals surface area contributed by atoms with Crippen molar-refractivity contribution in [1.29, 1.82) is 0 Å². The SMILES string of the molecule is Cc1ccnc(NC(=O)CCC2CCCCN2)c1. The second kappa shape index (κ2) is 6.50. The van der Waals surface area contributed by atoms with Crippen molar-refractivity contribution >= 4 is 11.7 Å². The van der Waals surface area contributed by atoms with E-state index >= 15 is 0 Å². The molecule has 1 unspecified atom stereocenters. The van der Waals surface area contributed by atoms with Crippen LogP contribution in [0.1, 0.15) is 37.7 Å². The first-order chi connectivity index (χ1) is 8.74. The van der Waals surface area contributed by atoms with Crippen molar-refractivity contribution in [2.75, 3.05) is 11.9 Å². The number of carbonyl (C=O) groups excluding carboxylic acids is 1. The van der Waals surface area contributed by atoms with Crippen LogP contribution in [0.4, 0.5) is 5.82 Å². The summed E-state index contributed by atoms with van der Waals surface area (Å²) in [6.45, 7) is 3.08. The molecule has 1 amide bonds. The Labute approximate surface area is 108 Å². The van der Waals surface area contributed by atoms with Gasteiger partial charge in [0.05, 0.1) is 0 Å². The molecule has 1 aromatic rings. The van der Waals surface area contributed by atoms with Gasteiger partial charge in [-0.05, 0) is 50.4 Å². The van der Waals surface area contributed by atoms with E-state index in [0.717, 1.165) is 18.5 Å². The van der Waals surface area contributed by atoms with Crippen molar-refractivity contribution in [1.82, 2.24) is 10.3 Å². The molecule has 1 aliphatic rings. The second-order valence-electron chi connectivity index (χ2n) is 4.95. The molecule has 1 saturated heterocycles. The van der Waals surface area contributed by atoms with Crippen molar-refractivity contribution < 1.29 is 4.79 Å². The Balaban J connectivity index is 1.74. The largest absolute Gasteiger partial charge is 0.314 e. The molecule has 4 nitrogen and oxygen atoms in total. The maximum atomic E-state index is 11.8. The molecule has 98 valence electrons. The molecule has 4 heteroatoms. The Morgan fingerprint density at radius 3 is 3.17 bits per heavy atom. The van der Waals surface area contributed by atoms with Gasteiger partial charge in [0.15, 0.2) is 0 Å². The molecule has 0 bridgehead atoms. The molecule has 1 aliphatic heterocycles. The molecule has 1 atom stereocenters. The number of rotatable bonds is 4. The zero-order valence-electron chi connectivity index (χ0n) is 10.9. The Morgan fingerprint density at radius 1 is 1.56 bits per heavy atom. The van der Waals surface area contributed by atoms with Gasteiger partial charge in [-0.3, -0.25) is 4.79 Å². The van der Waals surface area contributed by atoms with Gasteiger partial charge in [-0.25, -0.2) is 4.98 Å². The molecule has 2 N–H and O–H groups in total. The van der Waals surface area contributed by atoms with Crippen molar-refractivity contribution in [3.05, 3.63) is 23.9 Å². The lowest BCUT2D eigenvalue weighted by Crippen LogP contribution is -2.34. The van der Waals surface area contributed by atoms with E-state index in [4.69, 9.17) is 0 Å². The number of piperidine rings is 1. The van der Waals surface area contributed by atoms with Crippen LogP contribution in [-0.4, -0.2) is 23.5 Å². The third kappa shape index (κ3) is 4.11. The topological polar surface area (TPSA) is 54.0 Å². The van der Waals surface area contributed by atoms with Gasteiger partial charge >= 0.3 is 0 Å². The van der Waals surface area contributed by atoms with Crippen LogP contribution in [0.25, 0.3) is 0 Å². The summed E-state index contributed by atoms with van der Waals surface area (Å²) in [6.07, 6.45) is 6.92. The average molecular weight is 247 g/mol. The Bertz CT molecular complexity index is 400. The van der Waals surface area contributed by atoms with Crippen LogP contribution in [0.2, 0.25) is 0 Å². The van der Waals surface area contributed by atoms with Crippen LogP contribution in [-0.2, 0) is 4.79 Å². The third-order valence-corrected chi connectivity index (χ3v) is 3.32. The summed E-state index contributed by atoms with van der Waals surface area (Å²) < 4.78 is 0. The van der Waals surface area contributed by atoms with Gasteiger partial charge in [-0.2, -0.15) is 0 Å². The quantitative estimate of drug-likeness (QED) is 0.858. The molecule has 1 fully saturated rings. The molecule has 0 saturated carbocycles. The number of anilines is 1. The number of hydrogen-bond donors (Lipinski definition) is 2. The molecule has 0 aliphatic carbocycles. The maximum absolute atomic E-state index is 11.8. The Hall–Kier alpha value is -1.42. The van der Waals surface area contributed by atoms with E-state index in [-0.39, 0.29) is 5.91 Å². The lowest BCUT2D eigenvalue weighted by atomic mass is 10.0. The molecule has 0 aromatic carbocycles. The summed E-state index contributed by atoms with van der Waals surface area (Å²) in [4.78, 5) is 15.9. The number of aromatic nitrogens is 1. The molecular weight excluding hydrogens is 226 g/mol. The number of nitrogens with one attached hydrogen (secondary N) is 2. The van der Waals surface area contributed by atoms with E-state index in [1.165, 1.54) is 19.3 Å². The highest BCUT2D eigenvalue weighted by Crippen LogP contribution is 2.12. The number of aryl methyl sites for hydroxylation is 1. The lowest BCUT2D eigenvalue weighted by molar-refractivity contribution is -0.116. The number of hydrogen-bond acceptors (Lipinski definition) is 3. The van der Waals surface area contributed by atoms with Gasteiger partial charge in [0.2, 0.25) is 5.91 Å². The van der Waals surface area contributed by atoms with Crippen molar-refractivity contribution in [3.63, 3.8) is 0 Å². The van der Waals surface area contributed by atoms with E-state index in [0.29, 0.717) is 18.3 Å². The highest BCUT2D eigenvalue weighted by molar-refractivity contribution is 5.89. The van der Waals surface area contributed by atoms with Gasteiger partial charge < -0.3 is 10.6 Å². The van der Waals surface area contributed by atoms with Crippen molar-refractivity contribution in [3.8, 4) is 0 Å². The molecule has 2 rings (SSSR count). The summed E-state index contributed by atoms with van der Waals surface area (Å²) >= 11 is 0. The summed E-state index contributed by atoms with van der Waals surface area (Å²) in [5, 5.41) is 6.30. The normalized spacial score (nSPS) is 19.5. The van der Waals surface area contributed by atoms with Gasteiger partial charge in [0.1, 0.15) is 5.82 Å². The van der Waals surface area contributed by atoms with E-state index < -0.39 is 0 Å². The Morgan fingerprint density at radius 2 is 2.44 bits per heavy atom. The molecule has 2 heterocycles. The molecule has 18 heavy (non-hydrogen) atoms. The van der Waals surface area contributed by atoms with Crippen LogP contribution in [0.5, 0.6) is 0 Å². The van der Waals surface area contributed by atoms with Gasteiger partial charge in [-0.1, -0.05) is 6.42 Å². The van der Waals surface area contributed by atoms with E-state index in [2.05, 4.69) is 15.6 Å². The number of nitrogens with zero attached hydrogens (tertiary/aromatic N) is 1. The standard InChI is InChI=1S/C14H21N3O/c1-11-7-9-16-13(10-11)17-14(18)6-5-12-4-2-3-8-15-12/h7,9-10,12,15H,2-6,8H2,1H3,(H,16,17,18). The van der Waals surface area contributed by atoms with Crippen LogP contribution in [0, 0.1) is 6.92 Å². The van der Waals surface area contributed by atoms with E-state index in [1.54, 1.807) is 6.20 Å². The minimum absolute atomic E-state index is 0.0560. The predicted octanol–water partition coefficient (Wildman–Crippen LogP) is 2.25. The van der Waals surface area contributed by atoms with Crippen LogP contribution < -0.4 is 10.6 Å². The number of amides is 1. The van der Waals surface area contributed by atoms with E-state index in [9.17, 15) is 4.79 Å². The summed E-state index contributed by atoms with van der Waals surface area (Å²) in [7, 11) is 0. The van der Waals surface area contributed by atoms with Gasteiger partial charge in [-0.15, -0.1) is 0 Å². The van der Waals surface area contributed by atoms with Gasteiger partial charge in [0.25, 0.3) is 0 Å². The highest BCUT2D eigenvalue weighted by atomic mass is 16.1. The fourth-order valence-electron chi connectivity index (χ4n) is 2.29. The minimum Gasteiger partial charge on any atom is -0.314 e. The van der Waals surface area contributed by atoms with Crippen molar-refractivity contribution in [2.45, 2.75) is 45.1 Å². The third-order valence-electron chi connectivity index (χ3n) is 3.32. The van der Waals surface area contributed by atoms with Crippen molar-refractivity contribution in [2.24, 2.45) is 0 Å². The van der Waals surface area contributed by atoms with Crippen LogP contribution in [0.15, 0.2) is 18.3 Å². The molecule has 1 aromatic heterocycles. The predicted molar refractivity (Wildman–Crippen MR) is 72.5 cm³/mol. The summed E-state index contributed by atoms with van der Waals surface area (Å²) in [5.74, 6) is 0.706. The summed E-state index contributed by atoms with van der Waals surface area (Å²) in [5.41, 5.74) is 1.11. The molecule has 0 spiro atoms. The average Bonchev–Trinajstić information content (AvgIpc) is 2.38. The van der Waals surface area contributed by atoms with E-state index in [1.807, 2.05) is 19.1 Å². The monoisotopic (exact) mass is 247 g/mol. The highest BCUT2D eigenvalue weighted by Gasteiger charge is 2.14. The fraction of sp³-hybridized carbons (Fsp3) is 0.571. The summed E-state index contributed by atoms with van der Waals surface area (Å²) in [6, 6.07) is 4.31. The fourth-order valence-corrected chi connectivity index (χ4v) is 2.29. The zero-order chi connectivity index (χ0) is 12.8. The van der Waals surface area contributed by atoms with Crippen LogP contribution in [0.3, 0.4) is 0 Å². The first-order valence-corrected chi connectivity index (χ1v) is 6.70. The first-order valence-electron chi connectivity index (χ1n) is 6.70. The molecule has 0 radical (unpaired) electrons. The zero-order valence-corrected chi connectivity index (χ0v) is 10.9. The second-order valence-corrected chi connectivity index (χ2v) is 4.95. The first kappa shape index (κ1) is 13.0. The molecular formula is C14H21N3O. The lowest BCUT2D eigenvalue weighted by Gasteiger charge is -2.22. The number of pyridine rings is 1. The van der Waals surface area contributed by atoms with Crippen LogP contribution >= 0.6 is 0 Å². The maximum Gasteiger partial charge on any atom is 0.225 e. The Kier molecular flexibility index (Phi) is 4.70. The van der Waals surface area contributed by atoms with Gasteiger partial charge in [0, 0.05) is 18.7 Å². The minimum atomic E-state index is 0.0560. The number of carbonyl (C=O) groups is 1.